The monoisotopic (exact) mass is 378 g/mol. The zero-order valence-corrected chi connectivity index (χ0v) is 16.5. The first kappa shape index (κ1) is 19.4. The van der Waals surface area contributed by atoms with Gasteiger partial charge in [0.1, 0.15) is 5.82 Å². The van der Waals surface area contributed by atoms with E-state index in [2.05, 4.69) is 4.57 Å². The molecule has 6 heteroatoms. The number of rotatable bonds is 9. The summed E-state index contributed by atoms with van der Waals surface area (Å²) in [5.74, 6) is 1.96. The number of nitrogens with zero attached hydrogens (tertiary/aromatic N) is 2. The number of hydrogen-bond acceptors (Lipinski definition) is 4. The van der Waals surface area contributed by atoms with E-state index in [0.29, 0.717) is 6.54 Å². The van der Waals surface area contributed by atoms with Crippen LogP contribution in [-0.2, 0) is 27.3 Å². The largest absolute Gasteiger partial charge is 0.326 e. The molecule has 1 saturated carbocycles. The maximum Gasteiger partial charge on any atom is 0.264 e. The summed E-state index contributed by atoms with van der Waals surface area (Å²) in [5.41, 5.74) is 2.01. The Balaban J connectivity index is 1.59. The van der Waals surface area contributed by atoms with Crippen LogP contribution in [0.5, 0.6) is 0 Å². The van der Waals surface area contributed by atoms with Gasteiger partial charge in [0.05, 0.1) is 23.9 Å². The van der Waals surface area contributed by atoms with Crippen LogP contribution in [0.3, 0.4) is 0 Å². The molecular weight excluding hydrogens is 348 g/mol. The number of unbranched alkanes of at least 4 members (excludes halogenated alkanes) is 1. The predicted molar refractivity (Wildman–Crippen MR) is 105 cm³/mol. The zero-order valence-electron chi connectivity index (χ0n) is 15.7. The summed E-state index contributed by atoms with van der Waals surface area (Å²) in [6.45, 7) is 0.653. The van der Waals surface area contributed by atoms with E-state index >= 15 is 0 Å². The summed E-state index contributed by atoms with van der Waals surface area (Å²) >= 11 is 0. The highest BCUT2D eigenvalue weighted by atomic mass is 32.2. The number of aryl methyl sites for hydroxylation is 1. The molecule has 1 aliphatic rings. The molecule has 0 aliphatic heterocycles. The molecule has 0 bridgehead atoms. The molecule has 1 aliphatic carbocycles. The van der Waals surface area contributed by atoms with Crippen LogP contribution in [0.2, 0.25) is 0 Å². The van der Waals surface area contributed by atoms with E-state index in [1.807, 2.05) is 24.3 Å². The highest BCUT2D eigenvalue weighted by Crippen LogP contribution is 2.28. The Morgan fingerprint density at radius 1 is 1.15 bits per heavy atom. The van der Waals surface area contributed by atoms with Gasteiger partial charge in [-0.05, 0) is 24.5 Å². The molecule has 1 aromatic carbocycles. The molecule has 26 heavy (non-hydrogen) atoms. The van der Waals surface area contributed by atoms with Crippen molar-refractivity contribution in [2.24, 2.45) is 5.92 Å². The number of hydrogen-bond donors (Lipinski definition) is 0. The van der Waals surface area contributed by atoms with Gasteiger partial charge in [-0.1, -0.05) is 57.1 Å². The van der Waals surface area contributed by atoms with E-state index in [0.717, 1.165) is 41.9 Å². The van der Waals surface area contributed by atoms with Crippen molar-refractivity contribution in [3.63, 3.8) is 0 Å². The van der Waals surface area contributed by atoms with Gasteiger partial charge in [0.2, 0.25) is 0 Å². The van der Waals surface area contributed by atoms with E-state index in [1.165, 1.54) is 44.9 Å². The average molecular weight is 379 g/mol. The molecule has 0 amide bonds. The minimum Gasteiger partial charge on any atom is -0.326 e. The second-order valence-corrected chi connectivity index (χ2v) is 9.09. The molecule has 144 valence electrons. The van der Waals surface area contributed by atoms with Crippen LogP contribution in [0.1, 0.15) is 57.2 Å². The van der Waals surface area contributed by atoms with Gasteiger partial charge in [0.25, 0.3) is 10.1 Å². The molecule has 1 aromatic heterocycles. The lowest BCUT2D eigenvalue weighted by Crippen LogP contribution is -2.13. The maximum absolute atomic E-state index is 11.2. The van der Waals surface area contributed by atoms with E-state index in [1.54, 1.807) is 0 Å². The average Bonchev–Trinajstić information content (AvgIpc) is 2.96. The Labute approximate surface area is 156 Å². The second kappa shape index (κ2) is 9.00. The lowest BCUT2D eigenvalue weighted by Gasteiger charge is -2.21. The van der Waals surface area contributed by atoms with Gasteiger partial charge in [0, 0.05) is 13.0 Å². The Morgan fingerprint density at radius 3 is 2.69 bits per heavy atom. The van der Waals surface area contributed by atoms with Crippen LogP contribution >= 0.6 is 0 Å². The summed E-state index contributed by atoms with van der Waals surface area (Å²) in [5, 5.41) is 0. The Hall–Kier alpha value is -1.40. The van der Waals surface area contributed by atoms with Crippen molar-refractivity contribution < 1.29 is 12.6 Å². The number of fused-ring (bicyclic) bond motifs is 1. The third-order valence-electron chi connectivity index (χ3n) is 5.33. The summed E-state index contributed by atoms with van der Waals surface area (Å²) in [4.78, 5) is 4.77. The number of para-hydroxylation sites is 2. The minimum atomic E-state index is -3.41. The molecule has 5 nitrogen and oxygen atoms in total. The molecule has 0 atom stereocenters. The first-order valence-corrected chi connectivity index (χ1v) is 11.6. The Morgan fingerprint density at radius 2 is 1.92 bits per heavy atom. The molecule has 1 fully saturated rings. The van der Waals surface area contributed by atoms with Gasteiger partial charge in [-0.3, -0.25) is 4.18 Å². The van der Waals surface area contributed by atoms with E-state index in [9.17, 15) is 8.42 Å². The van der Waals surface area contributed by atoms with Crippen LogP contribution in [0, 0.1) is 5.92 Å². The molecular formula is C20H30N2O3S. The minimum absolute atomic E-state index is 0.147. The summed E-state index contributed by atoms with van der Waals surface area (Å²) in [6.07, 6.45) is 12.8. The van der Waals surface area contributed by atoms with Gasteiger partial charge in [-0.2, -0.15) is 8.42 Å². The summed E-state index contributed by atoms with van der Waals surface area (Å²) in [7, 11) is -3.41. The molecule has 1 heterocycles. The SMILES string of the molecule is CS(=O)(=O)OCCn1c(CCCCC2CCCCC2)nc2ccccc21. The van der Waals surface area contributed by atoms with Gasteiger partial charge in [0.15, 0.2) is 0 Å². The van der Waals surface area contributed by atoms with Crippen LogP contribution in [0.4, 0.5) is 0 Å². The van der Waals surface area contributed by atoms with Crippen molar-refractivity contribution >= 4 is 21.2 Å². The lowest BCUT2D eigenvalue weighted by atomic mass is 9.85. The number of imidazole rings is 1. The molecule has 2 aromatic rings. The number of aromatic nitrogens is 2. The highest BCUT2D eigenvalue weighted by Gasteiger charge is 2.14. The Bertz CT molecular complexity index is 808. The highest BCUT2D eigenvalue weighted by molar-refractivity contribution is 7.85. The Kier molecular flexibility index (Phi) is 6.70. The third-order valence-corrected chi connectivity index (χ3v) is 5.93. The van der Waals surface area contributed by atoms with Crippen molar-refractivity contribution in [2.75, 3.05) is 12.9 Å². The standard InChI is InChI=1S/C20H30N2O3S/c1-26(23,24)25-16-15-22-19-13-7-6-12-18(19)21-20(22)14-8-5-11-17-9-3-2-4-10-17/h6-7,12-13,17H,2-5,8-11,14-16H2,1H3. The van der Waals surface area contributed by atoms with E-state index in [4.69, 9.17) is 9.17 Å². The van der Waals surface area contributed by atoms with Crippen molar-refractivity contribution in [1.29, 1.82) is 0 Å². The van der Waals surface area contributed by atoms with Gasteiger partial charge >= 0.3 is 0 Å². The molecule has 0 radical (unpaired) electrons. The molecule has 3 rings (SSSR count). The quantitative estimate of drug-likeness (QED) is 0.482. The molecule has 0 spiro atoms. The topological polar surface area (TPSA) is 61.2 Å². The number of benzene rings is 1. The fourth-order valence-electron chi connectivity index (χ4n) is 4.04. The van der Waals surface area contributed by atoms with E-state index in [-0.39, 0.29) is 6.61 Å². The molecule has 0 N–H and O–H groups in total. The smallest absolute Gasteiger partial charge is 0.264 e. The van der Waals surface area contributed by atoms with Crippen LogP contribution < -0.4 is 0 Å². The maximum atomic E-state index is 11.2. The predicted octanol–water partition coefficient (Wildman–Crippen LogP) is 4.31. The lowest BCUT2D eigenvalue weighted by molar-refractivity contribution is 0.303. The van der Waals surface area contributed by atoms with Crippen molar-refractivity contribution in [3.05, 3.63) is 30.1 Å². The summed E-state index contributed by atoms with van der Waals surface area (Å²) in [6, 6.07) is 8.02. The molecule has 0 unspecified atom stereocenters. The van der Waals surface area contributed by atoms with Crippen molar-refractivity contribution in [2.45, 2.75) is 64.3 Å². The van der Waals surface area contributed by atoms with Crippen LogP contribution in [0.15, 0.2) is 24.3 Å². The first-order valence-electron chi connectivity index (χ1n) is 9.81. The molecule has 0 saturated heterocycles. The third kappa shape index (κ3) is 5.55. The fraction of sp³-hybridized carbons (Fsp3) is 0.650. The fourth-order valence-corrected chi connectivity index (χ4v) is 4.41. The normalized spacial score (nSPS) is 16.3. The van der Waals surface area contributed by atoms with Crippen molar-refractivity contribution in [1.82, 2.24) is 9.55 Å². The van der Waals surface area contributed by atoms with Crippen molar-refractivity contribution in [3.8, 4) is 0 Å². The first-order chi connectivity index (χ1) is 12.5. The van der Waals surface area contributed by atoms with Gasteiger partial charge in [-0.25, -0.2) is 4.98 Å². The second-order valence-electron chi connectivity index (χ2n) is 7.44. The zero-order chi connectivity index (χ0) is 18.4. The van der Waals surface area contributed by atoms with Gasteiger partial charge < -0.3 is 4.57 Å². The summed E-state index contributed by atoms with van der Waals surface area (Å²) < 4.78 is 29.5. The van der Waals surface area contributed by atoms with Gasteiger partial charge in [-0.15, -0.1) is 0 Å². The van der Waals surface area contributed by atoms with Crippen LogP contribution in [0.25, 0.3) is 11.0 Å². The van der Waals surface area contributed by atoms with E-state index < -0.39 is 10.1 Å². The van der Waals surface area contributed by atoms with Crippen LogP contribution in [-0.4, -0.2) is 30.8 Å².